The van der Waals surface area contributed by atoms with E-state index in [9.17, 15) is 5.11 Å². The Morgan fingerprint density at radius 3 is 3.00 bits per heavy atom. The van der Waals surface area contributed by atoms with Gasteiger partial charge in [0, 0.05) is 5.39 Å². The molecule has 0 aliphatic carbocycles. The minimum atomic E-state index is 0.217. The highest BCUT2D eigenvalue weighted by Gasteiger charge is 2.14. The Balaban J connectivity index is 2.34. The van der Waals surface area contributed by atoms with Gasteiger partial charge in [-0.05, 0) is 40.2 Å². The molecule has 1 aromatic carbocycles. The van der Waals surface area contributed by atoms with Crippen LogP contribution >= 0.6 is 28.4 Å². The van der Waals surface area contributed by atoms with E-state index in [1.807, 2.05) is 10.5 Å². The molecule has 0 bridgehead atoms. The van der Waals surface area contributed by atoms with Crippen LogP contribution < -0.4 is 0 Å². The van der Waals surface area contributed by atoms with Crippen LogP contribution in [0.25, 0.3) is 22.4 Å². The van der Waals surface area contributed by atoms with Crippen molar-refractivity contribution in [3.63, 3.8) is 0 Å². The van der Waals surface area contributed by atoms with Gasteiger partial charge in [0.15, 0.2) is 12.2 Å². The molecule has 5 nitrogen and oxygen atoms in total. The summed E-state index contributed by atoms with van der Waals surface area (Å²) in [5.74, 6) is 0.823. The van der Waals surface area contributed by atoms with Crippen molar-refractivity contribution in [1.82, 2.24) is 14.5 Å². The Labute approximate surface area is 111 Å². The summed E-state index contributed by atoms with van der Waals surface area (Å²) in [4.78, 5) is 3.88. The van der Waals surface area contributed by atoms with E-state index in [1.54, 1.807) is 18.3 Å². The van der Waals surface area contributed by atoms with E-state index in [0.29, 0.717) is 17.8 Å². The number of hydrogen-bond acceptors (Lipinski definition) is 4. The number of aromatic hydroxyl groups is 1. The Morgan fingerprint density at radius 2 is 2.29 bits per heavy atom. The van der Waals surface area contributed by atoms with Gasteiger partial charge in [0.05, 0.1) is 18.1 Å². The van der Waals surface area contributed by atoms with E-state index >= 15 is 0 Å². The topological polar surface area (TPSA) is 64.1 Å². The molecule has 0 fully saturated rings. The van der Waals surface area contributed by atoms with E-state index in [1.165, 1.54) is 6.39 Å². The second kappa shape index (κ2) is 4.27. The van der Waals surface area contributed by atoms with Crippen LogP contribution in [0.2, 0.25) is 0 Å². The highest BCUT2D eigenvalue weighted by Crippen LogP contribution is 2.35. The third-order valence-corrected chi connectivity index (χ3v) is 4.28. The lowest BCUT2D eigenvalue weighted by Gasteiger charge is -1.96. The van der Waals surface area contributed by atoms with Gasteiger partial charge >= 0.3 is 0 Å². The molecule has 1 N–H and O–H groups in total. The van der Waals surface area contributed by atoms with Crippen LogP contribution in [-0.2, 0) is 0 Å². The fraction of sp³-hybridized carbons (Fsp3) is 0. The van der Waals surface area contributed by atoms with E-state index < -0.39 is 0 Å². The molecule has 17 heavy (non-hydrogen) atoms. The average Bonchev–Trinajstić information content (AvgIpc) is 2.94. The summed E-state index contributed by atoms with van der Waals surface area (Å²) in [5, 5.41) is 14.9. The van der Waals surface area contributed by atoms with Crippen molar-refractivity contribution in [2.24, 2.45) is 0 Å². The summed E-state index contributed by atoms with van der Waals surface area (Å²) >= 11 is 2.26. The molecule has 0 saturated heterocycles. The number of oxazole rings is 1. The zero-order valence-corrected chi connectivity index (χ0v) is 11.6. The smallest absolute Gasteiger partial charge is 0.181 e. The summed E-state index contributed by atoms with van der Waals surface area (Å²) in [6, 6.07) is 5.19. The number of fused-ring (bicyclic) bond motifs is 1. The fourth-order valence-electron chi connectivity index (χ4n) is 1.69. The van der Waals surface area contributed by atoms with Gasteiger partial charge in [-0.25, -0.2) is 9.44 Å². The standard InChI is InChI=1S/C10H7IN3O2P/c11-17-14-8-2-1-6(15)3-7(8)10(13-14)9-4-12-5-16-9/h1-5,15,17H. The van der Waals surface area contributed by atoms with Crippen LogP contribution in [0.1, 0.15) is 0 Å². The van der Waals surface area contributed by atoms with Crippen molar-refractivity contribution in [2.75, 3.05) is 0 Å². The molecule has 0 radical (unpaired) electrons. The lowest BCUT2D eigenvalue weighted by molar-refractivity contribution is 0.476. The Hall–Kier alpha value is -1.14. The molecule has 1 atom stereocenters. The normalized spacial score (nSPS) is 11.8. The molecule has 7 heteroatoms. The number of hydrogen-bond donors (Lipinski definition) is 1. The van der Waals surface area contributed by atoms with E-state index in [4.69, 9.17) is 4.42 Å². The number of halogens is 1. The number of benzene rings is 1. The van der Waals surface area contributed by atoms with Crippen molar-refractivity contribution in [1.29, 1.82) is 0 Å². The third kappa shape index (κ3) is 1.81. The number of aromatic nitrogens is 3. The first-order valence-electron chi connectivity index (χ1n) is 4.77. The SMILES string of the molecule is Oc1ccc2c(c1)c(-c1cnco1)nn2PI. The quantitative estimate of drug-likeness (QED) is 0.564. The monoisotopic (exact) mass is 359 g/mol. The number of phenolic OH excluding ortho intramolecular Hbond substituents is 1. The van der Waals surface area contributed by atoms with Crippen LogP contribution in [-0.4, -0.2) is 19.6 Å². The second-order valence-corrected chi connectivity index (χ2v) is 5.45. The molecular formula is C10H7IN3O2P. The molecule has 0 aliphatic heterocycles. The fourth-order valence-corrected chi connectivity index (χ4v) is 3.21. The Bertz CT molecular complexity index is 666. The van der Waals surface area contributed by atoms with Gasteiger partial charge in [0.25, 0.3) is 0 Å². The number of rotatable bonds is 2. The first-order chi connectivity index (χ1) is 8.29. The van der Waals surface area contributed by atoms with Crippen LogP contribution in [0, 0.1) is 0 Å². The molecule has 2 aromatic heterocycles. The minimum Gasteiger partial charge on any atom is -0.508 e. The van der Waals surface area contributed by atoms with E-state index in [0.717, 1.165) is 10.9 Å². The second-order valence-electron chi connectivity index (χ2n) is 3.41. The first-order valence-corrected chi connectivity index (χ1v) is 8.83. The summed E-state index contributed by atoms with van der Waals surface area (Å²) in [6.07, 6.45) is 3.48. The van der Waals surface area contributed by atoms with Gasteiger partial charge in [-0.2, -0.15) is 5.10 Å². The predicted octanol–water partition coefficient (Wildman–Crippen LogP) is 3.19. The zero-order valence-electron chi connectivity index (χ0n) is 8.46. The lowest BCUT2D eigenvalue weighted by atomic mass is 10.2. The molecule has 1 unspecified atom stereocenters. The predicted molar refractivity (Wildman–Crippen MR) is 74.6 cm³/mol. The van der Waals surface area contributed by atoms with E-state index in [-0.39, 0.29) is 5.75 Å². The highest BCUT2D eigenvalue weighted by atomic mass is 127. The summed E-state index contributed by atoms with van der Waals surface area (Å²) in [6.45, 7) is 0. The van der Waals surface area contributed by atoms with Crippen molar-refractivity contribution in [3.8, 4) is 17.2 Å². The maximum atomic E-state index is 9.55. The molecule has 0 saturated carbocycles. The van der Waals surface area contributed by atoms with Gasteiger partial charge in [0.1, 0.15) is 11.4 Å². The molecule has 86 valence electrons. The first kappa shape index (κ1) is 11.0. The lowest BCUT2D eigenvalue weighted by Crippen LogP contribution is -1.82. The summed E-state index contributed by atoms with van der Waals surface area (Å²) in [7, 11) is 0. The van der Waals surface area contributed by atoms with Gasteiger partial charge in [-0.1, -0.05) is 0 Å². The van der Waals surface area contributed by atoms with Crippen LogP contribution in [0.4, 0.5) is 0 Å². The Morgan fingerprint density at radius 1 is 1.41 bits per heavy atom. The molecule has 0 spiro atoms. The summed E-state index contributed by atoms with van der Waals surface area (Å²) < 4.78 is 7.14. The van der Waals surface area contributed by atoms with Crippen LogP contribution in [0.5, 0.6) is 5.75 Å². The highest BCUT2D eigenvalue weighted by molar-refractivity contribution is 14.2. The molecule has 0 aliphatic rings. The van der Waals surface area contributed by atoms with Crippen molar-refractivity contribution in [3.05, 3.63) is 30.8 Å². The van der Waals surface area contributed by atoms with Gasteiger partial charge in [-0.15, -0.1) is 0 Å². The number of phenols is 1. The summed E-state index contributed by atoms with van der Waals surface area (Å²) in [5.41, 5.74) is 1.68. The molecular weight excluding hydrogens is 352 g/mol. The van der Waals surface area contributed by atoms with Gasteiger partial charge in [-0.3, -0.25) is 0 Å². The largest absolute Gasteiger partial charge is 0.508 e. The van der Waals surface area contributed by atoms with Crippen LogP contribution in [0.15, 0.2) is 35.2 Å². The van der Waals surface area contributed by atoms with Crippen LogP contribution in [0.3, 0.4) is 0 Å². The van der Waals surface area contributed by atoms with Gasteiger partial charge in [0.2, 0.25) is 0 Å². The zero-order chi connectivity index (χ0) is 11.8. The maximum Gasteiger partial charge on any atom is 0.181 e. The maximum absolute atomic E-state index is 9.55. The molecule has 3 rings (SSSR count). The molecule has 3 aromatic rings. The van der Waals surface area contributed by atoms with Gasteiger partial charge < -0.3 is 9.52 Å². The van der Waals surface area contributed by atoms with Crippen molar-refractivity contribution >= 4 is 39.3 Å². The Kier molecular flexibility index (Phi) is 2.76. The van der Waals surface area contributed by atoms with Crippen molar-refractivity contribution < 1.29 is 9.52 Å². The average molecular weight is 359 g/mol. The van der Waals surface area contributed by atoms with Crippen molar-refractivity contribution in [2.45, 2.75) is 0 Å². The molecule has 2 heterocycles. The molecule has 0 amide bonds. The minimum absolute atomic E-state index is 0.217. The van der Waals surface area contributed by atoms with E-state index in [2.05, 4.69) is 32.1 Å². The number of nitrogens with zero attached hydrogens (tertiary/aromatic N) is 3. The third-order valence-electron chi connectivity index (χ3n) is 2.41.